The number of carbonyl (C=O) groups excluding carboxylic acids is 1. The molecule has 7 heteroatoms. The fourth-order valence-corrected chi connectivity index (χ4v) is 2.37. The Kier molecular flexibility index (Phi) is 6.37. The number of aliphatic carboxylic acids is 1. The van der Waals surface area contributed by atoms with Gasteiger partial charge in [-0.2, -0.15) is 0 Å². The number of ether oxygens (including phenoxy) is 3. The first-order valence-corrected chi connectivity index (χ1v) is 7.44. The summed E-state index contributed by atoms with van der Waals surface area (Å²) in [5, 5.41) is 8.84. The van der Waals surface area contributed by atoms with Gasteiger partial charge in [-0.1, -0.05) is 6.07 Å². The minimum atomic E-state index is -0.933. The van der Waals surface area contributed by atoms with E-state index in [0.29, 0.717) is 37.7 Å². The summed E-state index contributed by atoms with van der Waals surface area (Å²) >= 11 is 0. The molecule has 0 aliphatic carbocycles. The van der Waals surface area contributed by atoms with Crippen molar-refractivity contribution < 1.29 is 28.9 Å². The average molecular weight is 323 g/mol. The van der Waals surface area contributed by atoms with E-state index in [-0.39, 0.29) is 18.9 Å². The molecule has 1 atom stereocenters. The summed E-state index contributed by atoms with van der Waals surface area (Å²) in [6, 6.07) is 6.93. The SMILES string of the molecule is COCCOc1cccc(C(=O)N2CCO[C@@H](CC(=O)O)C2)c1. The zero-order valence-electron chi connectivity index (χ0n) is 13.1. The van der Waals surface area contributed by atoms with Gasteiger partial charge in [0.05, 0.1) is 25.7 Å². The van der Waals surface area contributed by atoms with Crippen LogP contribution in [0.5, 0.6) is 5.75 Å². The van der Waals surface area contributed by atoms with E-state index in [2.05, 4.69) is 0 Å². The zero-order chi connectivity index (χ0) is 16.7. The lowest BCUT2D eigenvalue weighted by Gasteiger charge is -2.32. The number of nitrogens with zero attached hydrogens (tertiary/aromatic N) is 1. The molecule has 7 nitrogen and oxygen atoms in total. The van der Waals surface area contributed by atoms with Crippen molar-refractivity contribution in [2.75, 3.05) is 40.0 Å². The van der Waals surface area contributed by atoms with Crippen LogP contribution in [0.15, 0.2) is 24.3 Å². The topological polar surface area (TPSA) is 85.3 Å². The number of hydrogen-bond donors (Lipinski definition) is 1. The predicted molar refractivity (Wildman–Crippen MR) is 81.7 cm³/mol. The van der Waals surface area contributed by atoms with E-state index in [9.17, 15) is 9.59 Å². The highest BCUT2D eigenvalue weighted by atomic mass is 16.5. The predicted octanol–water partition coefficient (Wildman–Crippen LogP) is 1.03. The Balaban J connectivity index is 1.98. The summed E-state index contributed by atoms with van der Waals surface area (Å²) in [6.07, 6.45) is -0.574. The van der Waals surface area contributed by atoms with Gasteiger partial charge in [-0.05, 0) is 18.2 Å². The van der Waals surface area contributed by atoms with Gasteiger partial charge in [0.15, 0.2) is 0 Å². The van der Waals surface area contributed by atoms with Gasteiger partial charge in [0.25, 0.3) is 5.91 Å². The highest BCUT2D eigenvalue weighted by Gasteiger charge is 2.26. The van der Waals surface area contributed by atoms with E-state index in [4.69, 9.17) is 19.3 Å². The normalized spacial score (nSPS) is 17.8. The third kappa shape index (κ3) is 5.22. The molecule has 126 valence electrons. The van der Waals surface area contributed by atoms with Crippen LogP contribution in [-0.4, -0.2) is 68.0 Å². The highest BCUT2D eigenvalue weighted by Crippen LogP contribution is 2.17. The van der Waals surface area contributed by atoms with Gasteiger partial charge in [-0.25, -0.2) is 0 Å². The number of amides is 1. The fourth-order valence-electron chi connectivity index (χ4n) is 2.37. The number of carbonyl (C=O) groups is 2. The van der Waals surface area contributed by atoms with Gasteiger partial charge in [-0.3, -0.25) is 9.59 Å². The Labute approximate surface area is 134 Å². The lowest BCUT2D eigenvalue weighted by Crippen LogP contribution is -2.46. The first-order valence-electron chi connectivity index (χ1n) is 7.44. The van der Waals surface area contributed by atoms with Gasteiger partial charge >= 0.3 is 5.97 Å². The molecule has 1 saturated heterocycles. The Hall–Kier alpha value is -2.12. The molecule has 1 amide bonds. The van der Waals surface area contributed by atoms with Crippen molar-refractivity contribution in [3.8, 4) is 5.75 Å². The summed E-state index contributed by atoms with van der Waals surface area (Å²) in [7, 11) is 1.59. The largest absolute Gasteiger partial charge is 0.491 e. The molecule has 1 aromatic rings. The van der Waals surface area contributed by atoms with Crippen LogP contribution in [0.4, 0.5) is 0 Å². The first kappa shape index (κ1) is 17.2. The van der Waals surface area contributed by atoms with Gasteiger partial charge in [0.1, 0.15) is 12.4 Å². The molecular weight excluding hydrogens is 302 g/mol. The van der Waals surface area contributed by atoms with Crippen LogP contribution in [0.3, 0.4) is 0 Å². The van der Waals surface area contributed by atoms with Crippen molar-refractivity contribution in [3.63, 3.8) is 0 Å². The molecule has 0 bridgehead atoms. The molecule has 0 spiro atoms. The van der Waals surface area contributed by atoms with Crippen molar-refractivity contribution in [3.05, 3.63) is 29.8 Å². The molecule has 23 heavy (non-hydrogen) atoms. The van der Waals surface area contributed by atoms with Crippen LogP contribution in [-0.2, 0) is 14.3 Å². The van der Waals surface area contributed by atoms with Crippen molar-refractivity contribution in [1.29, 1.82) is 0 Å². The fraction of sp³-hybridized carbons (Fsp3) is 0.500. The smallest absolute Gasteiger partial charge is 0.306 e. The number of hydrogen-bond acceptors (Lipinski definition) is 5. The Morgan fingerprint density at radius 1 is 1.39 bits per heavy atom. The molecule has 0 unspecified atom stereocenters. The summed E-state index contributed by atoms with van der Waals surface area (Å²) in [6.45, 7) is 1.95. The molecule has 0 aromatic heterocycles. The maximum absolute atomic E-state index is 12.6. The molecule has 1 heterocycles. The standard InChI is InChI=1S/C16H21NO6/c1-21-7-8-23-13-4-2-3-12(9-13)16(20)17-5-6-22-14(11-17)10-15(18)19/h2-4,9,14H,5-8,10-11H2,1H3,(H,18,19)/t14-/m0/s1. The van der Waals surface area contributed by atoms with Gasteiger partial charge < -0.3 is 24.2 Å². The van der Waals surface area contributed by atoms with Crippen molar-refractivity contribution in [1.82, 2.24) is 4.90 Å². The molecule has 0 saturated carbocycles. The molecule has 1 aliphatic rings. The molecule has 1 aromatic carbocycles. The van der Waals surface area contributed by atoms with Gasteiger partial charge in [0, 0.05) is 25.8 Å². The number of carboxylic acids is 1. The minimum absolute atomic E-state index is 0.107. The van der Waals surface area contributed by atoms with Crippen LogP contribution >= 0.6 is 0 Å². The summed E-state index contributed by atoms with van der Waals surface area (Å²) in [4.78, 5) is 24.9. The minimum Gasteiger partial charge on any atom is -0.491 e. The van der Waals surface area contributed by atoms with Crippen LogP contribution in [0.2, 0.25) is 0 Å². The Morgan fingerprint density at radius 3 is 2.96 bits per heavy atom. The number of morpholine rings is 1. The maximum atomic E-state index is 12.6. The number of carboxylic acid groups (broad SMARTS) is 1. The number of methoxy groups -OCH3 is 1. The lowest BCUT2D eigenvalue weighted by atomic mass is 10.1. The Bertz CT molecular complexity index is 547. The first-order chi connectivity index (χ1) is 11.1. The Morgan fingerprint density at radius 2 is 2.22 bits per heavy atom. The van der Waals surface area contributed by atoms with Crippen LogP contribution in [0.1, 0.15) is 16.8 Å². The monoisotopic (exact) mass is 323 g/mol. The van der Waals surface area contributed by atoms with Gasteiger partial charge in [-0.15, -0.1) is 0 Å². The van der Waals surface area contributed by atoms with E-state index in [1.807, 2.05) is 0 Å². The highest BCUT2D eigenvalue weighted by molar-refractivity contribution is 5.94. The summed E-state index contributed by atoms with van der Waals surface area (Å²) in [5.74, 6) is -0.484. The van der Waals surface area contributed by atoms with Crippen LogP contribution < -0.4 is 4.74 Å². The second kappa shape index (κ2) is 8.50. The average Bonchev–Trinajstić information content (AvgIpc) is 2.54. The second-order valence-corrected chi connectivity index (χ2v) is 5.21. The third-order valence-electron chi connectivity index (χ3n) is 3.47. The van der Waals surface area contributed by atoms with E-state index < -0.39 is 12.1 Å². The van der Waals surface area contributed by atoms with E-state index in [1.54, 1.807) is 36.3 Å². The van der Waals surface area contributed by atoms with Crippen molar-refractivity contribution >= 4 is 11.9 Å². The second-order valence-electron chi connectivity index (χ2n) is 5.21. The lowest BCUT2D eigenvalue weighted by molar-refractivity contribution is -0.141. The molecule has 0 radical (unpaired) electrons. The summed E-state index contributed by atoms with van der Waals surface area (Å²) < 4.78 is 15.8. The molecule has 2 rings (SSSR count). The van der Waals surface area contributed by atoms with Crippen molar-refractivity contribution in [2.24, 2.45) is 0 Å². The molecule has 1 fully saturated rings. The molecule has 1 N–H and O–H groups in total. The molecule has 1 aliphatic heterocycles. The van der Waals surface area contributed by atoms with Crippen LogP contribution in [0.25, 0.3) is 0 Å². The number of rotatable bonds is 7. The van der Waals surface area contributed by atoms with Gasteiger partial charge in [0.2, 0.25) is 0 Å². The van der Waals surface area contributed by atoms with E-state index >= 15 is 0 Å². The quantitative estimate of drug-likeness (QED) is 0.754. The molecular formula is C16H21NO6. The van der Waals surface area contributed by atoms with E-state index in [1.165, 1.54) is 0 Å². The van der Waals surface area contributed by atoms with E-state index in [0.717, 1.165) is 0 Å². The summed E-state index contributed by atoms with van der Waals surface area (Å²) in [5.41, 5.74) is 0.510. The third-order valence-corrected chi connectivity index (χ3v) is 3.47. The van der Waals surface area contributed by atoms with Crippen LogP contribution in [0, 0.1) is 0 Å². The zero-order valence-corrected chi connectivity index (χ0v) is 13.1. The number of benzene rings is 1. The van der Waals surface area contributed by atoms with Crippen molar-refractivity contribution in [2.45, 2.75) is 12.5 Å². The maximum Gasteiger partial charge on any atom is 0.306 e.